The van der Waals surface area contributed by atoms with Crippen LogP contribution in [0.15, 0.2) is 66.7 Å². The Hall–Kier alpha value is -3.71. The second-order valence-corrected chi connectivity index (χ2v) is 9.10. The molecule has 2 aromatic carbocycles. The van der Waals surface area contributed by atoms with E-state index in [-0.39, 0.29) is 11.9 Å². The van der Waals surface area contributed by atoms with Crippen molar-refractivity contribution < 1.29 is 9.53 Å². The number of carbonyl (C=O) groups is 1. The van der Waals surface area contributed by atoms with E-state index in [2.05, 4.69) is 17.0 Å². The van der Waals surface area contributed by atoms with Gasteiger partial charge in [-0.15, -0.1) is 0 Å². The van der Waals surface area contributed by atoms with Gasteiger partial charge in [0.15, 0.2) is 11.5 Å². The predicted octanol–water partition coefficient (Wildman–Crippen LogP) is 4.44. The van der Waals surface area contributed by atoms with Crippen molar-refractivity contribution in [3.8, 4) is 17.0 Å². The number of benzene rings is 2. The number of pyridine rings is 1. The highest BCUT2D eigenvalue weighted by atomic mass is 16.5. The van der Waals surface area contributed by atoms with Crippen LogP contribution in [-0.2, 0) is 11.2 Å². The Balaban J connectivity index is 1.36. The van der Waals surface area contributed by atoms with Crippen LogP contribution in [0.4, 0.5) is 5.69 Å². The fourth-order valence-corrected chi connectivity index (χ4v) is 4.76. The number of rotatable bonds is 7. The summed E-state index contributed by atoms with van der Waals surface area (Å²) >= 11 is 0. The minimum atomic E-state index is -0.109. The SMILES string of the molecule is COc1ccc(-c2cccc3nc(Cc4cccc(N(C)C(=O)C(C)N5CCCC5)c4)nn23)cc1. The second-order valence-electron chi connectivity index (χ2n) is 9.10. The van der Waals surface area contributed by atoms with Gasteiger partial charge >= 0.3 is 0 Å². The zero-order chi connectivity index (χ0) is 24.4. The molecular formula is C28H31N5O2. The molecule has 0 spiro atoms. The van der Waals surface area contributed by atoms with Crippen LogP contribution in [0.5, 0.6) is 5.75 Å². The Kier molecular flexibility index (Phi) is 6.51. The Morgan fingerprint density at radius 2 is 1.80 bits per heavy atom. The van der Waals surface area contributed by atoms with Gasteiger partial charge in [0, 0.05) is 24.7 Å². The van der Waals surface area contributed by atoms with Crippen molar-refractivity contribution in [2.24, 2.45) is 0 Å². The van der Waals surface area contributed by atoms with E-state index >= 15 is 0 Å². The van der Waals surface area contributed by atoms with E-state index in [9.17, 15) is 4.79 Å². The summed E-state index contributed by atoms with van der Waals surface area (Å²) in [4.78, 5) is 21.9. The van der Waals surface area contributed by atoms with Crippen molar-refractivity contribution in [1.82, 2.24) is 19.5 Å². The van der Waals surface area contributed by atoms with E-state index in [1.54, 1.807) is 12.0 Å². The molecule has 1 aliphatic rings. The largest absolute Gasteiger partial charge is 0.497 e. The molecule has 1 atom stereocenters. The average molecular weight is 470 g/mol. The molecule has 0 saturated carbocycles. The van der Waals surface area contributed by atoms with Crippen molar-refractivity contribution >= 4 is 17.2 Å². The van der Waals surface area contributed by atoms with Crippen LogP contribution in [0, 0.1) is 0 Å². The Bertz CT molecular complexity index is 1320. The lowest BCUT2D eigenvalue weighted by molar-refractivity contribution is -0.122. The van der Waals surface area contributed by atoms with Crippen LogP contribution in [0.2, 0.25) is 0 Å². The molecule has 1 unspecified atom stereocenters. The standard InChI is InChI=1S/C28H31N5O2/c1-20(32-16-4-5-17-32)28(34)31(2)23-9-6-8-21(18-23)19-26-29-27-11-7-10-25(33(27)30-26)22-12-14-24(35-3)15-13-22/h6-15,18,20H,4-5,16-17,19H2,1-3H3. The summed E-state index contributed by atoms with van der Waals surface area (Å²) in [6, 6.07) is 21.9. The average Bonchev–Trinajstić information content (AvgIpc) is 3.57. The summed E-state index contributed by atoms with van der Waals surface area (Å²) in [5.74, 6) is 1.68. The number of carbonyl (C=O) groups excluding carboxylic acids is 1. The molecule has 7 heteroatoms. The van der Waals surface area contributed by atoms with Gasteiger partial charge in [-0.1, -0.05) is 18.2 Å². The number of methoxy groups -OCH3 is 1. The molecule has 0 bridgehead atoms. The third kappa shape index (κ3) is 4.77. The maximum absolute atomic E-state index is 13.1. The minimum absolute atomic E-state index is 0.109. The van der Waals surface area contributed by atoms with Gasteiger partial charge in [-0.3, -0.25) is 9.69 Å². The van der Waals surface area contributed by atoms with Crippen LogP contribution in [0.3, 0.4) is 0 Å². The van der Waals surface area contributed by atoms with E-state index in [4.69, 9.17) is 14.8 Å². The van der Waals surface area contributed by atoms with E-state index in [1.165, 1.54) is 12.8 Å². The molecule has 1 amide bonds. The summed E-state index contributed by atoms with van der Waals surface area (Å²) in [6.45, 7) is 4.01. The molecule has 1 fully saturated rings. The summed E-state index contributed by atoms with van der Waals surface area (Å²) in [6.07, 6.45) is 2.92. The molecule has 4 aromatic rings. The molecular weight excluding hydrogens is 438 g/mol. The normalized spacial score (nSPS) is 14.8. The number of aromatic nitrogens is 3. The minimum Gasteiger partial charge on any atom is -0.497 e. The maximum Gasteiger partial charge on any atom is 0.243 e. The highest BCUT2D eigenvalue weighted by molar-refractivity contribution is 5.96. The lowest BCUT2D eigenvalue weighted by atomic mass is 10.1. The van der Waals surface area contributed by atoms with E-state index < -0.39 is 0 Å². The molecule has 35 heavy (non-hydrogen) atoms. The zero-order valence-electron chi connectivity index (χ0n) is 20.5. The molecule has 1 saturated heterocycles. The summed E-state index contributed by atoms with van der Waals surface area (Å²) in [7, 11) is 3.52. The number of likely N-dealkylation sites (tertiary alicyclic amines) is 1. The first-order valence-corrected chi connectivity index (χ1v) is 12.1. The number of likely N-dealkylation sites (N-methyl/N-ethyl adjacent to an activating group) is 1. The van der Waals surface area contributed by atoms with Crippen molar-refractivity contribution in [3.63, 3.8) is 0 Å². The third-order valence-electron chi connectivity index (χ3n) is 6.83. The Labute approximate surface area is 206 Å². The quantitative estimate of drug-likeness (QED) is 0.400. The predicted molar refractivity (Wildman–Crippen MR) is 138 cm³/mol. The molecule has 3 heterocycles. The fraction of sp³-hybridized carbons (Fsp3) is 0.321. The number of anilines is 1. The lowest BCUT2D eigenvalue weighted by Gasteiger charge is -2.28. The topological polar surface area (TPSA) is 63.0 Å². The number of ether oxygens (including phenoxy) is 1. The number of hydrogen-bond donors (Lipinski definition) is 0. The number of fused-ring (bicyclic) bond motifs is 1. The van der Waals surface area contributed by atoms with Crippen molar-refractivity contribution in [2.75, 3.05) is 32.1 Å². The first-order valence-electron chi connectivity index (χ1n) is 12.1. The summed E-state index contributed by atoms with van der Waals surface area (Å²) in [5, 5.41) is 4.80. The Morgan fingerprint density at radius 3 is 2.54 bits per heavy atom. The van der Waals surface area contributed by atoms with E-state index in [0.717, 1.165) is 52.8 Å². The number of nitrogens with zero attached hydrogens (tertiary/aromatic N) is 5. The zero-order valence-corrected chi connectivity index (χ0v) is 20.5. The van der Waals surface area contributed by atoms with Gasteiger partial charge in [0.1, 0.15) is 5.75 Å². The Morgan fingerprint density at radius 1 is 1.06 bits per heavy atom. The van der Waals surface area contributed by atoms with Gasteiger partial charge in [0.05, 0.1) is 18.8 Å². The molecule has 7 nitrogen and oxygen atoms in total. The monoisotopic (exact) mass is 469 g/mol. The van der Waals surface area contributed by atoms with Gasteiger partial charge in [-0.2, -0.15) is 5.10 Å². The molecule has 180 valence electrons. The van der Waals surface area contributed by atoms with Gasteiger partial charge in [-0.05, 0) is 86.9 Å². The smallest absolute Gasteiger partial charge is 0.243 e. The summed E-state index contributed by atoms with van der Waals surface area (Å²) in [5.41, 5.74) is 4.77. The number of amides is 1. The molecule has 0 aliphatic carbocycles. The first-order chi connectivity index (χ1) is 17.0. The molecule has 0 N–H and O–H groups in total. The second kappa shape index (κ2) is 9.88. The first kappa shape index (κ1) is 23.1. The van der Waals surface area contributed by atoms with Crippen LogP contribution in [-0.4, -0.2) is 58.7 Å². The van der Waals surface area contributed by atoms with Crippen molar-refractivity contribution in [2.45, 2.75) is 32.2 Å². The van der Waals surface area contributed by atoms with Gasteiger partial charge in [-0.25, -0.2) is 9.50 Å². The number of hydrogen-bond acceptors (Lipinski definition) is 5. The third-order valence-corrected chi connectivity index (χ3v) is 6.83. The van der Waals surface area contributed by atoms with Crippen LogP contribution < -0.4 is 9.64 Å². The van der Waals surface area contributed by atoms with Gasteiger partial charge in [0.2, 0.25) is 5.91 Å². The highest BCUT2D eigenvalue weighted by Crippen LogP contribution is 2.24. The van der Waals surface area contributed by atoms with Gasteiger partial charge < -0.3 is 9.64 Å². The van der Waals surface area contributed by atoms with E-state index in [0.29, 0.717) is 6.42 Å². The van der Waals surface area contributed by atoms with Crippen LogP contribution in [0.1, 0.15) is 31.2 Å². The molecule has 0 radical (unpaired) electrons. The maximum atomic E-state index is 13.1. The van der Waals surface area contributed by atoms with E-state index in [1.807, 2.05) is 73.1 Å². The van der Waals surface area contributed by atoms with Crippen molar-refractivity contribution in [1.29, 1.82) is 0 Å². The van der Waals surface area contributed by atoms with Crippen molar-refractivity contribution in [3.05, 3.63) is 78.1 Å². The molecule has 2 aromatic heterocycles. The molecule has 1 aliphatic heterocycles. The summed E-state index contributed by atoms with van der Waals surface area (Å²) < 4.78 is 7.16. The van der Waals surface area contributed by atoms with Crippen LogP contribution in [0.25, 0.3) is 16.9 Å². The van der Waals surface area contributed by atoms with Crippen LogP contribution >= 0.6 is 0 Å². The van der Waals surface area contributed by atoms with Gasteiger partial charge in [0.25, 0.3) is 0 Å². The molecule has 5 rings (SSSR count). The highest BCUT2D eigenvalue weighted by Gasteiger charge is 2.27. The fourth-order valence-electron chi connectivity index (χ4n) is 4.76. The lowest BCUT2D eigenvalue weighted by Crippen LogP contribution is -2.44.